The molecule has 0 bridgehead atoms. The molecular formula is C23H26N4O3S2. The van der Waals surface area contributed by atoms with Gasteiger partial charge in [-0.15, -0.1) is 21.5 Å². The fraction of sp³-hybridized carbons (Fsp3) is 0.435. The fourth-order valence-corrected chi connectivity index (χ4v) is 5.44. The summed E-state index contributed by atoms with van der Waals surface area (Å²) in [5.74, 6) is 2.84. The van der Waals surface area contributed by atoms with Crippen LogP contribution in [-0.2, 0) is 17.8 Å². The number of hydrogen-bond donors (Lipinski definition) is 1. The first-order valence-electron chi connectivity index (χ1n) is 11.0. The number of carbonyl (C=O) groups is 1. The van der Waals surface area contributed by atoms with Gasteiger partial charge in [-0.05, 0) is 50.3 Å². The van der Waals surface area contributed by atoms with E-state index in [0.717, 1.165) is 57.7 Å². The summed E-state index contributed by atoms with van der Waals surface area (Å²) in [7, 11) is 0. The average Bonchev–Trinajstić information content (AvgIpc) is 3.15. The van der Waals surface area contributed by atoms with Crippen LogP contribution >= 0.6 is 23.1 Å². The Hall–Kier alpha value is -2.52. The Bertz CT molecular complexity index is 1110. The number of carbonyl (C=O) groups excluding carboxylic acids is 1. The Morgan fingerprint density at radius 3 is 3.00 bits per heavy atom. The Morgan fingerprint density at radius 1 is 1.38 bits per heavy atom. The Labute approximate surface area is 195 Å². The number of benzene rings is 1. The van der Waals surface area contributed by atoms with E-state index in [1.54, 1.807) is 11.3 Å². The third-order valence-electron chi connectivity index (χ3n) is 5.51. The molecule has 0 radical (unpaired) electrons. The van der Waals surface area contributed by atoms with Gasteiger partial charge in [-0.1, -0.05) is 17.8 Å². The van der Waals surface area contributed by atoms with E-state index in [0.29, 0.717) is 19.2 Å². The van der Waals surface area contributed by atoms with Gasteiger partial charge in [-0.3, -0.25) is 9.36 Å². The molecule has 7 nitrogen and oxygen atoms in total. The van der Waals surface area contributed by atoms with Crippen LogP contribution in [0.4, 0.5) is 0 Å². The maximum absolute atomic E-state index is 12.6. The molecule has 1 aliphatic carbocycles. The quantitative estimate of drug-likeness (QED) is 0.465. The van der Waals surface area contributed by atoms with E-state index in [4.69, 9.17) is 9.47 Å². The molecule has 1 aromatic carbocycles. The number of fused-ring (bicyclic) bond motifs is 1. The number of thioether (sulfide) groups is 1. The third kappa shape index (κ3) is 4.49. The molecule has 2 aliphatic rings. The molecule has 1 amide bonds. The van der Waals surface area contributed by atoms with Gasteiger partial charge in [-0.2, -0.15) is 0 Å². The first-order valence-corrected chi connectivity index (χ1v) is 12.8. The molecule has 3 heterocycles. The molecule has 1 fully saturated rings. The number of rotatable bonds is 9. The van der Waals surface area contributed by atoms with Crippen LogP contribution in [-0.4, -0.2) is 39.1 Å². The van der Waals surface area contributed by atoms with E-state index in [1.807, 2.05) is 30.5 Å². The second-order valence-corrected chi connectivity index (χ2v) is 9.97. The second kappa shape index (κ2) is 9.15. The van der Waals surface area contributed by atoms with Crippen LogP contribution in [0, 0.1) is 0 Å². The van der Waals surface area contributed by atoms with Crippen LogP contribution in [0.1, 0.15) is 43.9 Å². The highest BCUT2D eigenvalue weighted by atomic mass is 32.2. The third-order valence-corrected chi connectivity index (χ3v) is 7.31. The number of nitrogens with zero attached hydrogens (tertiary/aromatic N) is 3. The van der Waals surface area contributed by atoms with Gasteiger partial charge in [-0.25, -0.2) is 0 Å². The molecule has 3 aromatic rings. The summed E-state index contributed by atoms with van der Waals surface area (Å²) in [5.41, 5.74) is 2.09. The molecule has 32 heavy (non-hydrogen) atoms. The molecule has 1 saturated carbocycles. The van der Waals surface area contributed by atoms with Crippen molar-refractivity contribution in [1.82, 2.24) is 20.1 Å². The monoisotopic (exact) mass is 470 g/mol. The standard InChI is InChI=1S/C23H26N4O3S2/c1-3-29-18-10-15-9-14(2)30-19(15)11-16(18)12-24-21(28)13-32-23-26-25-22(20-5-4-8-31-20)27(23)17-6-7-17/h4-5,8,10-11,14,17H,3,6-7,9,12-13H2,1-2H3,(H,24,28). The minimum absolute atomic E-state index is 0.0461. The number of nitrogens with one attached hydrogen (secondary N) is 1. The van der Waals surface area contributed by atoms with Gasteiger partial charge in [0.1, 0.15) is 17.6 Å². The predicted octanol–water partition coefficient (Wildman–Crippen LogP) is 4.47. The van der Waals surface area contributed by atoms with E-state index in [1.165, 1.54) is 11.8 Å². The molecule has 5 rings (SSSR count). The van der Waals surface area contributed by atoms with Crippen LogP contribution < -0.4 is 14.8 Å². The highest BCUT2D eigenvalue weighted by molar-refractivity contribution is 7.99. The second-order valence-electron chi connectivity index (χ2n) is 8.08. The number of thiophene rings is 1. The first-order chi connectivity index (χ1) is 15.6. The van der Waals surface area contributed by atoms with Gasteiger partial charge in [0.25, 0.3) is 0 Å². The molecule has 0 spiro atoms. The maximum atomic E-state index is 12.6. The molecule has 1 aliphatic heterocycles. The van der Waals surface area contributed by atoms with Crippen molar-refractivity contribution in [2.24, 2.45) is 0 Å². The van der Waals surface area contributed by atoms with Gasteiger partial charge in [0.2, 0.25) is 5.91 Å². The summed E-state index contributed by atoms with van der Waals surface area (Å²) >= 11 is 3.10. The highest BCUT2D eigenvalue weighted by Crippen LogP contribution is 2.41. The van der Waals surface area contributed by atoms with Crippen LogP contribution in [0.25, 0.3) is 10.7 Å². The zero-order chi connectivity index (χ0) is 22.1. The van der Waals surface area contributed by atoms with E-state index < -0.39 is 0 Å². The summed E-state index contributed by atoms with van der Waals surface area (Å²) in [6.07, 6.45) is 3.32. The predicted molar refractivity (Wildman–Crippen MR) is 126 cm³/mol. The summed E-state index contributed by atoms with van der Waals surface area (Å²) in [5, 5.41) is 14.6. The van der Waals surface area contributed by atoms with Gasteiger partial charge in [0, 0.05) is 30.1 Å². The molecule has 1 unspecified atom stereocenters. The van der Waals surface area contributed by atoms with Gasteiger partial charge in [0.05, 0.1) is 17.2 Å². The van der Waals surface area contributed by atoms with E-state index in [-0.39, 0.29) is 17.8 Å². The van der Waals surface area contributed by atoms with Crippen molar-refractivity contribution in [2.75, 3.05) is 12.4 Å². The van der Waals surface area contributed by atoms with Crippen molar-refractivity contribution in [2.45, 2.75) is 57.0 Å². The Morgan fingerprint density at radius 2 is 2.25 bits per heavy atom. The van der Waals surface area contributed by atoms with Crippen LogP contribution in [0.2, 0.25) is 0 Å². The van der Waals surface area contributed by atoms with Crippen LogP contribution in [0.3, 0.4) is 0 Å². The smallest absolute Gasteiger partial charge is 0.230 e. The average molecular weight is 471 g/mol. The Kier molecular flexibility index (Phi) is 6.10. The summed E-state index contributed by atoms with van der Waals surface area (Å²) in [6.45, 7) is 5.00. The number of aromatic nitrogens is 3. The zero-order valence-electron chi connectivity index (χ0n) is 18.2. The molecular weight excluding hydrogens is 444 g/mol. The van der Waals surface area contributed by atoms with E-state index >= 15 is 0 Å². The highest BCUT2D eigenvalue weighted by Gasteiger charge is 2.30. The minimum atomic E-state index is -0.0461. The molecule has 9 heteroatoms. The van der Waals surface area contributed by atoms with Crippen molar-refractivity contribution in [3.8, 4) is 22.2 Å². The summed E-state index contributed by atoms with van der Waals surface area (Å²) in [4.78, 5) is 13.7. The molecule has 1 N–H and O–H groups in total. The van der Waals surface area contributed by atoms with Crippen molar-refractivity contribution in [3.05, 3.63) is 40.8 Å². The number of ether oxygens (including phenoxy) is 2. The van der Waals surface area contributed by atoms with Crippen LogP contribution in [0.15, 0.2) is 34.8 Å². The summed E-state index contributed by atoms with van der Waals surface area (Å²) in [6, 6.07) is 8.56. The lowest BCUT2D eigenvalue weighted by atomic mass is 10.1. The molecule has 168 valence electrons. The van der Waals surface area contributed by atoms with Crippen molar-refractivity contribution < 1.29 is 14.3 Å². The minimum Gasteiger partial charge on any atom is -0.494 e. The molecule has 2 aromatic heterocycles. The largest absolute Gasteiger partial charge is 0.494 e. The molecule has 1 atom stereocenters. The fourth-order valence-electron chi connectivity index (χ4n) is 3.90. The van der Waals surface area contributed by atoms with Crippen LogP contribution in [0.5, 0.6) is 11.5 Å². The normalized spacial score (nSPS) is 17.1. The lowest BCUT2D eigenvalue weighted by molar-refractivity contribution is -0.118. The SMILES string of the molecule is CCOc1cc2c(cc1CNC(=O)CSc1nnc(-c3cccs3)n1C1CC1)OC(C)C2. The first kappa shape index (κ1) is 21.3. The van der Waals surface area contributed by atoms with Crippen molar-refractivity contribution >= 4 is 29.0 Å². The number of hydrogen-bond acceptors (Lipinski definition) is 7. The van der Waals surface area contributed by atoms with Crippen molar-refractivity contribution in [1.29, 1.82) is 0 Å². The van der Waals surface area contributed by atoms with Gasteiger partial charge < -0.3 is 14.8 Å². The lowest BCUT2D eigenvalue weighted by Gasteiger charge is -2.13. The lowest BCUT2D eigenvalue weighted by Crippen LogP contribution is -2.25. The molecule has 0 saturated heterocycles. The summed E-state index contributed by atoms with van der Waals surface area (Å²) < 4.78 is 13.9. The van der Waals surface area contributed by atoms with Gasteiger partial charge in [0.15, 0.2) is 11.0 Å². The maximum Gasteiger partial charge on any atom is 0.230 e. The van der Waals surface area contributed by atoms with E-state index in [2.05, 4.69) is 33.1 Å². The number of amides is 1. The topological polar surface area (TPSA) is 78.3 Å². The van der Waals surface area contributed by atoms with E-state index in [9.17, 15) is 4.79 Å². The van der Waals surface area contributed by atoms with Gasteiger partial charge >= 0.3 is 0 Å². The van der Waals surface area contributed by atoms with Crippen molar-refractivity contribution in [3.63, 3.8) is 0 Å². The zero-order valence-corrected chi connectivity index (χ0v) is 19.8. The Balaban J connectivity index is 1.23.